The lowest BCUT2D eigenvalue weighted by molar-refractivity contribution is -0.385. The van der Waals surface area contributed by atoms with Crippen LogP contribution in [-0.2, 0) is 13.0 Å². The van der Waals surface area contributed by atoms with E-state index in [9.17, 15) is 14.9 Å². The normalized spacial score (nSPS) is 10.2. The number of aromatic amines is 1. The van der Waals surface area contributed by atoms with E-state index in [1.807, 2.05) is 6.92 Å². The monoisotopic (exact) mass is 275 g/mol. The fourth-order valence-electron chi connectivity index (χ4n) is 1.65. The summed E-state index contributed by atoms with van der Waals surface area (Å²) in [5.41, 5.74) is 0.397. The van der Waals surface area contributed by atoms with Gasteiger partial charge in [-0.2, -0.15) is 0 Å². The molecule has 2 aromatic rings. The second-order valence-corrected chi connectivity index (χ2v) is 4.03. The molecule has 0 aliphatic carbocycles. The van der Waals surface area contributed by atoms with Gasteiger partial charge in [-0.15, -0.1) is 5.10 Å². The SMILES string of the molecule is CCc1nc(C(=O)NCc2ccccc2[N+](=O)[O-])n[nH]1. The highest BCUT2D eigenvalue weighted by Gasteiger charge is 2.15. The number of rotatable bonds is 5. The number of H-pyrrole nitrogens is 1. The average Bonchev–Trinajstić information content (AvgIpc) is 2.94. The predicted octanol–water partition coefficient (Wildman–Crippen LogP) is 1.21. The molecular weight excluding hydrogens is 262 g/mol. The minimum absolute atomic E-state index is 0.0282. The van der Waals surface area contributed by atoms with Crippen LogP contribution in [0.25, 0.3) is 0 Å². The molecule has 8 heteroatoms. The second-order valence-electron chi connectivity index (χ2n) is 4.03. The first-order valence-corrected chi connectivity index (χ1v) is 6.03. The molecule has 1 aromatic heterocycles. The van der Waals surface area contributed by atoms with Gasteiger partial charge in [-0.25, -0.2) is 4.98 Å². The lowest BCUT2D eigenvalue weighted by Gasteiger charge is -2.03. The Morgan fingerprint density at radius 1 is 1.45 bits per heavy atom. The Morgan fingerprint density at radius 3 is 2.85 bits per heavy atom. The molecule has 0 radical (unpaired) electrons. The first-order valence-electron chi connectivity index (χ1n) is 6.03. The topological polar surface area (TPSA) is 114 Å². The zero-order chi connectivity index (χ0) is 14.5. The number of nitro benzene ring substituents is 1. The lowest BCUT2D eigenvalue weighted by atomic mass is 10.2. The highest BCUT2D eigenvalue weighted by atomic mass is 16.6. The Bertz CT molecular complexity index is 638. The number of benzene rings is 1. The minimum Gasteiger partial charge on any atom is -0.345 e. The Labute approximate surface area is 114 Å². The van der Waals surface area contributed by atoms with Crippen molar-refractivity contribution in [3.05, 3.63) is 51.6 Å². The van der Waals surface area contributed by atoms with Gasteiger partial charge < -0.3 is 5.32 Å². The molecule has 20 heavy (non-hydrogen) atoms. The molecule has 0 saturated heterocycles. The molecule has 1 aromatic carbocycles. The molecule has 0 spiro atoms. The molecule has 8 nitrogen and oxygen atoms in total. The smallest absolute Gasteiger partial charge is 0.291 e. The van der Waals surface area contributed by atoms with Crippen LogP contribution in [0.5, 0.6) is 0 Å². The summed E-state index contributed by atoms with van der Waals surface area (Å²) in [4.78, 5) is 26.1. The fourth-order valence-corrected chi connectivity index (χ4v) is 1.65. The number of hydrogen-bond acceptors (Lipinski definition) is 5. The summed E-state index contributed by atoms with van der Waals surface area (Å²) in [6, 6.07) is 6.24. The zero-order valence-electron chi connectivity index (χ0n) is 10.8. The third-order valence-corrected chi connectivity index (χ3v) is 2.70. The first kappa shape index (κ1) is 13.7. The summed E-state index contributed by atoms with van der Waals surface area (Å²) < 4.78 is 0. The number of carbonyl (C=O) groups excluding carboxylic acids is 1. The maximum absolute atomic E-state index is 11.8. The number of amides is 1. The standard InChI is InChI=1S/C12H13N5O3/c1-2-10-14-11(16-15-10)12(18)13-7-8-5-3-4-6-9(8)17(19)20/h3-6H,2,7H2,1H3,(H,13,18)(H,14,15,16). The Morgan fingerprint density at radius 2 is 2.20 bits per heavy atom. The highest BCUT2D eigenvalue weighted by molar-refractivity contribution is 5.90. The number of nitrogens with one attached hydrogen (secondary N) is 2. The van der Waals surface area contributed by atoms with Crippen LogP contribution in [0.4, 0.5) is 5.69 Å². The van der Waals surface area contributed by atoms with E-state index in [0.717, 1.165) is 0 Å². The van der Waals surface area contributed by atoms with E-state index < -0.39 is 10.8 Å². The molecule has 2 rings (SSSR count). The molecule has 0 atom stereocenters. The lowest BCUT2D eigenvalue weighted by Crippen LogP contribution is -2.24. The number of hydrogen-bond donors (Lipinski definition) is 2. The van der Waals surface area contributed by atoms with Crippen LogP contribution in [0, 0.1) is 10.1 Å². The molecule has 0 saturated carbocycles. The van der Waals surface area contributed by atoms with Gasteiger partial charge in [0.25, 0.3) is 11.6 Å². The number of aromatic nitrogens is 3. The molecule has 0 bridgehead atoms. The minimum atomic E-state index is -0.483. The van der Waals surface area contributed by atoms with Crippen molar-refractivity contribution in [3.63, 3.8) is 0 Å². The van der Waals surface area contributed by atoms with Crippen LogP contribution < -0.4 is 5.32 Å². The number of nitrogens with zero attached hydrogens (tertiary/aromatic N) is 3. The molecule has 0 aliphatic heterocycles. The van der Waals surface area contributed by atoms with Crippen molar-refractivity contribution in [1.29, 1.82) is 0 Å². The Balaban J connectivity index is 2.05. The summed E-state index contributed by atoms with van der Waals surface area (Å²) >= 11 is 0. The van der Waals surface area contributed by atoms with Crippen molar-refractivity contribution in [2.45, 2.75) is 19.9 Å². The number of nitro groups is 1. The van der Waals surface area contributed by atoms with Crippen LogP contribution in [0.15, 0.2) is 24.3 Å². The van der Waals surface area contributed by atoms with E-state index in [2.05, 4.69) is 20.5 Å². The second kappa shape index (κ2) is 5.91. The van der Waals surface area contributed by atoms with Gasteiger partial charge in [-0.05, 0) is 0 Å². The highest BCUT2D eigenvalue weighted by Crippen LogP contribution is 2.17. The summed E-state index contributed by atoms with van der Waals surface area (Å²) in [6.45, 7) is 1.93. The number of carbonyl (C=O) groups is 1. The van der Waals surface area contributed by atoms with Gasteiger partial charge in [-0.1, -0.05) is 25.1 Å². The van der Waals surface area contributed by atoms with Crippen molar-refractivity contribution >= 4 is 11.6 Å². The summed E-state index contributed by atoms with van der Waals surface area (Å²) in [5, 5.41) is 19.8. The molecule has 1 heterocycles. The summed E-state index contributed by atoms with van der Waals surface area (Å²) in [5.74, 6) is 0.167. The number of para-hydroxylation sites is 1. The third kappa shape index (κ3) is 2.97. The molecule has 2 N–H and O–H groups in total. The van der Waals surface area contributed by atoms with E-state index in [0.29, 0.717) is 17.8 Å². The molecule has 104 valence electrons. The summed E-state index contributed by atoms with van der Waals surface area (Å²) in [7, 11) is 0. The van der Waals surface area contributed by atoms with Crippen LogP contribution in [0.3, 0.4) is 0 Å². The quantitative estimate of drug-likeness (QED) is 0.628. The molecule has 1 amide bonds. The van der Waals surface area contributed by atoms with E-state index >= 15 is 0 Å². The van der Waals surface area contributed by atoms with Crippen LogP contribution >= 0.6 is 0 Å². The van der Waals surface area contributed by atoms with Crippen molar-refractivity contribution in [2.24, 2.45) is 0 Å². The molecule has 0 aliphatic rings. The average molecular weight is 275 g/mol. The first-order chi connectivity index (χ1) is 9.61. The van der Waals surface area contributed by atoms with Gasteiger partial charge in [0.05, 0.1) is 4.92 Å². The van der Waals surface area contributed by atoms with E-state index in [1.165, 1.54) is 6.07 Å². The van der Waals surface area contributed by atoms with Gasteiger partial charge in [0.15, 0.2) is 0 Å². The molecular formula is C12H13N5O3. The third-order valence-electron chi connectivity index (χ3n) is 2.70. The molecule has 0 unspecified atom stereocenters. The molecule has 0 fully saturated rings. The van der Waals surface area contributed by atoms with Gasteiger partial charge in [0, 0.05) is 24.6 Å². The summed E-state index contributed by atoms with van der Waals surface area (Å²) in [6.07, 6.45) is 0.643. The predicted molar refractivity (Wildman–Crippen MR) is 70.0 cm³/mol. The maximum Gasteiger partial charge on any atom is 0.291 e. The van der Waals surface area contributed by atoms with Crippen LogP contribution in [0.1, 0.15) is 28.9 Å². The van der Waals surface area contributed by atoms with Gasteiger partial charge in [0.1, 0.15) is 5.82 Å². The number of aryl methyl sites for hydroxylation is 1. The largest absolute Gasteiger partial charge is 0.345 e. The van der Waals surface area contributed by atoms with E-state index in [-0.39, 0.29) is 18.1 Å². The van der Waals surface area contributed by atoms with Gasteiger partial charge in [0.2, 0.25) is 5.82 Å². The Hall–Kier alpha value is -2.77. The van der Waals surface area contributed by atoms with Crippen LogP contribution in [0.2, 0.25) is 0 Å². The van der Waals surface area contributed by atoms with E-state index in [1.54, 1.807) is 18.2 Å². The zero-order valence-corrected chi connectivity index (χ0v) is 10.8. The van der Waals surface area contributed by atoms with Crippen molar-refractivity contribution < 1.29 is 9.72 Å². The van der Waals surface area contributed by atoms with Crippen LogP contribution in [-0.4, -0.2) is 26.0 Å². The van der Waals surface area contributed by atoms with Crippen molar-refractivity contribution in [3.8, 4) is 0 Å². The Kier molecular flexibility index (Phi) is 4.04. The van der Waals surface area contributed by atoms with Crippen molar-refractivity contribution in [2.75, 3.05) is 0 Å². The van der Waals surface area contributed by atoms with Gasteiger partial charge in [-0.3, -0.25) is 20.0 Å². The van der Waals surface area contributed by atoms with Crippen molar-refractivity contribution in [1.82, 2.24) is 20.5 Å². The van der Waals surface area contributed by atoms with Gasteiger partial charge >= 0.3 is 0 Å². The fraction of sp³-hybridized carbons (Fsp3) is 0.250. The van der Waals surface area contributed by atoms with E-state index in [4.69, 9.17) is 0 Å². The maximum atomic E-state index is 11.8.